The van der Waals surface area contributed by atoms with E-state index in [0.29, 0.717) is 11.8 Å². The Morgan fingerprint density at radius 3 is 2.46 bits per heavy atom. The smallest absolute Gasteiger partial charge is 0.0949 e. The summed E-state index contributed by atoms with van der Waals surface area (Å²) in [5.41, 5.74) is 0. The highest BCUT2D eigenvalue weighted by Crippen LogP contribution is 2.10. The first-order valence-electron chi connectivity index (χ1n) is 5.25. The molecule has 0 aromatic carbocycles. The third-order valence-corrected chi connectivity index (χ3v) is 2.44. The van der Waals surface area contributed by atoms with E-state index >= 15 is 0 Å². The number of hydrazone groups is 1. The van der Waals surface area contributed by atoms with Gasteiger partial charge in [0.15, 0.2) is 12.8 Å². The second-order valence-electron chi connectivity index (χ2n) is 4.58. The topological polar surface area (TPSA) is 15.4 Å². The predicted octanol–water partition coefficient (Wildman–Crippen LogP) is 2.39. The molecule has 0 fully saturated rings. The van der Waals surface area contributed by atoms with Crippen LogP contribution in [0.15, 0.2) is 5.10 Å². The number of hydrogen-bond acceptors (Lipinski definition) is 1. The van der Waals surface area contributed by atoms with Crippen LogP contribution in [0.4, 0.5) is 0 Å². The summed E-state index contributed by atoms with van der Waals surface area (Å²) < 4.78 is 2.09. The van der Waals surface area contributed by atoms with Gasteiger partial charge in [-0.25, -0.2) is 0 Å². The van der Waals surface area contributed by atoms with Gasteiger partial charge < -0.3 is 0 Å². The van der Waals surface area contributed by atoms with Gasteiger partial charge in [0.05, 0.1) is 12.1 Å². The third kappa shape index (κ3) is 3.29. The van der Waals surface area contributed by atoms with E-state index in [1.165, 1.54) is 6.42 Å². The molecule has 0 bridgehead atoms. The minimum absolute atomic E-state index is 0.548. The van der Waals surface area contributed by atoms with E-state index in [2.05, 4.69) is 49.9 Å². The van der Waals surface area contributed by atoms with Crippen LogP contribution in [-0.4, -0.2) is 23.7 Å². The van der Waals surface area contributed by atoms with Crippen molar-refractivity contribution in [2.24, 2.45) is 22.9 Å². The molecule has 13 heavy (non-hydrogen) atoms. The van der Waals surface area contributed by atoms with Crippen molar-refractivity contribution in [2.45, 2.75) is 34.1 Å². The average molecular weight is 181 g/mol. The van der Waals surface area contributed by atoms with Crippen molar-refractivity contribution >= 4 is 12.4 Å². The Hall–Kier alpha value is -0.660. The van der Waals surface area contributed by atoms with Crippen LogP contribution in [0.25, 0.3) is 0 Å². The fourth-order valence-electron chi connectivity index (χ4n) is 1.31. The molecule has 1 heterocycles. The normalized spacial score (nSPS) is 21.7. The largest absolute Gasteiger partial charge is 0.181 e. The summed E-state index contributed by atoms with van der Waals surface area (Å²) in [6, 6.07) is 0. The first-order chi connectivity index (χ1) is 6.09. The molecular weight excluding hydrogens is 160 g/mol. The summed E-state index contributed by atoms with van der Waals surface area (Å²) in [5, 5.41) is 4.36. The maximum atomic E-state index is 4.36. The minimum Gasteiger partial charge on any atom is -0.0949 e. The summed E-state index contributed by atoms with van der Waals surface area (Å²) >= 11 is 0. The van der Waals surface area contributed by atoms with Crippen LogP contribution in [0.5, 0.6) is 0 Å². The van der Waals surface area contributed by atoms with Crippen molar-refractivity contribution in [1.29, 1.82) is 0 Å². The average Bonchev–Trinajstić information content (AvgIpc) is 2.48. The number of hydrogen-bond donors (Lipinski definition) is 0. The molecule has 1 rings (SSSR count). The van der Waals surface area contributed by atoms with Crippen LogP contribution in [0.1, 0.15) is 34.1 Å². The van der Waals surface area contributed by atoms with Gasteiger partial charge in [-0.15, -0.1) is 0 Å². The molecule has 0 aliphatic carbocycles. The van der Waals surface area contributed by atoms with Gasteiger partial charge in [-0.3, -0.25) is 0 Å². The van der Waals surface area contributed by atoms with Gasteiger partial charge in [0, 0.05) is 6.42 Å². The van der Waals surface area contributed by atoms with Gasteiger partial charge in [0.2, 0.25) is 0 Å². The van der Waals surface area contributed by atoms with Gasteiger partial charge in [-0.05, 0) is 16.9 Å². The maximum Gasteiger partial charge on any atom is 0.181 e. The van der Waals surface area contributed by atoms with Gasteiger partial charge in [-0.1, -0.05) is 32.4 Å². The van der Waals surface area contributed by atoms with Gasteiger partial charge in [0.25, 0.3) is 0 Å². The van der Waals surface area contributed by atoms with Crippen molar-refractivity contribution in [1.82, 2.24) is 0 Å². The van der Waals surface area contributed by atoms with E-state index in [0.717, 1.165) is 12.5 Å². The van der Waals surface area contributed by atoms with E-state index in [1.54, 1.807) is 0 Å². The fourth-order valence-corrected chi connectivity index (χ4v) is 1.31. The quantitative estimate of drug-likeness (QED) is 0.592. The second-order valence-corrected chi connectivity index (χ2v) is 4.58. The lowest BCUT2D eigenvalue weighted by atomic mass is 9.99. The van der Waals surface area contributed by atoms with Crippen LogP contribution in [-0.2, 0) is 0 Å². The lowest BCUT2D eigenvalue weighted by molar-refractivity contribution is -0.527. The zero-order chi connectivity index (χ0) is 9.84. The standard InChI is InChI=1S/C11H21N2/c1-9(2)5-6-13-8-11(7-12-13)10(3)4/h7-11H,5-6H2,1-4H3/q+1. The van der Waals surface area contributed by atoms with E-state index in [-0.39, 0.29) is 0 Å². The van der Waals surface area contributed by atoms with Crippen molar-refractivity contribution in [3.63, 3.8) is 0 Å². The summed E-state index contributed by atoms with van der Waals surface area (Å²) in [6.07, 6.45) is 5.52. The van der Waals surface area contributed by atoms with Gasteiger partial charge >= 0.3 is 0 Å². The highest BCUT2D eigenvalue weighted by atomic mass is 15.4. The van der Waals surface area contributed by atoms with Crippen molar-refractivity contribution < 1.29 is 4.68 Å². The van der Waals surface area contributed by atoms with Gasteiger partial charge in [-0.2, -0.15) is 0 Å². The molecule has 2 heteroatoms. The zero-order valence-corrected chi connectivity index (χ0v) is 9.20. The Kier molecular flexibility index (Phi) is 3.64. The maximum absolute atomic E-state index is 4.36. The monoisotopic (exact) mass is 181 g/mol. The molecule has 0 aromatic heterocycles. The molecule has 1 aliphatic heterocycles. The molecule has 2 nitrogen and oxygen atoms in total. The van der Waals surface area contributed by atoms with Crippen molar-refractivity contribution in [3.8, 4) is 0 Å². The lowest BCUT2D eigenvalue weighted by Gasteiger charge is -2.01. The molecular formula is C11H21N2+. The lowest BCUT2D eigenvalue weighted by Crippen LogP contribution is -2.13. The molecule has 0 saturated carbocycles. The molecule has 1 aliphatic rings. The molecule has 0 radical (unpaired) electrons. The van der Waals surface area contributed by atoms with E-state index < -0.39 is 0 Å². The molecule has 1 unspecified atom stereocenters. The Morgan fingerprint density at radius 1 is 1.31 bits per heavy atom. The summed E-state index contributed by atoms with van der Waals surface area (Å²) in [6.45, 7) is 10.0. The van der Waals surface area contributed by atoms with E-state index in [9.17, 15) is 0 Å². The van der Waals surface area contributed by atoms with Crippen molar-refractivity contribution in [3.05, 3.63) is 0 Å². The summed E-state index contributed by atoms with van der Waals surface area (Å²) in [7, 11) is 0. The van der Waals surface area contributed by atoms with Crippen LogP contribution in [0.2, 0.25) is 0 Å². The number of nitrogens with zero attached hydrogens (tertiary/aromatic N) is 2. The highest BCUT2D eigenvalue weighted by Gasteiger charge is 2.20. The van der Waals surface area contributed by atoms with E-state index in [1.807, 2.05) is 0 Å². The molecule has 0 spiro atoms. The second kappa shape index (κ2) is 4.54. The molecule has 74 valence electrons. The SMILES string of the molecule is CC(C)CC[N+]1=CC(C(C)C)C=N1. The van der Waals surface area contributed by atoms with Crippen molar-refractivity contribution in [2.75, 3.05) is 6.54 Å². The molecule has 0 saturated heterocycles. The van der Waals surface area contributed by atoms with Crippen LogP contribution < -0.4 is 0 Å². The highest BCUT2D eigenvalue weighted by molar-refractivity contribution is 5.83. The minimum atomic E-state index is 0.548. The fraction of sp³-hybridized carbons (Fsp3) is 0.818. The molecule has 0 aromatic rings. The molecule has 0 N–H and O–H groups in total. The Balaban J connectivity index is 2.38. The first kappa shape index (κ1) is 10.4. The molecule has 0 amide bonds. The van der Waals surface area contributed by atoms with Crippen LogP contribution in [0.3, 0.4) is 0 Å². The summed E-state index contributed by atoms with van der Waals surface area (Å²) in [5.74, 6) is 1.99. The zero-order valence-electron chi connectivity index (χ0n) is 9.20. The Bertz CT molecular complexity index is 214. The first-order valence-corrected chi connectivity index (χ1v) is 5.25. The predicted molar refractivity (Wildman–Crippen MR) is 57.5 cm³/mol. The molecule has 1 atom stereocenters. The van der Waals surface area contributed by atoms with Crippen LogP contribution >= 0.6 is 0 Å². The van der Waals surface area contributed by atoms with Gasteiger partial charge in [0.1, 0.15) is 0 Å². The number of rotatable bonds is 4. The van der Waals surface area contributed by atoms with E-state index in [4.69, 9.17) is 0 Å². The Labute approximate surface area is 81.4 Å². The Morgan fingerprint density at radius 2 is 2.00 bits per heavy atom. The summed E-state index contributed by atoms with van der Waals surface area (Å²) in [4.78, 5) is 0. The van der Waals surface area contributed by atoms with Crippen LogP contribution in [0, 0.1) is 17.8 Å². The third-order valence-electron chi connectivity index (χ3n) is 2.44.